The first-order valence-electron chi connectivity index (χ1n) is 8.35. The summed E-state index contributed by atoms with van der Waals surface area (Å²) in [6.07, 6.45) is 5.75. The topological polar surface area (TPSA) is 12.5 Å². The van der Waals surface area contributed by atoms with E-state index in [1.54, 1.807) is 7.11 Å². The van der Waals surface area contributed by atoms with E-state index in [1.165, 1.54) is 36.0 Å². The molecule has 2 heteroatoms. The molecule has 1 unspecified atom stereocenters. The van der Waals surface area contributed by atoms with E-state index < -0.39 is 0 Å². The predicted octanol–water partition coefficient (Wildman–Crippen LogP) is 5.16. The van der Waals surface area contributed by atoms with Crippen LogP contribution in [0.3, 0.4) is 0 Å². The number of methoxy groups -OCH3 is 1. The molecule has 1 heterocycles. The molecule has 1 aliphatic heterocycles. The largest absolute Gasteiger partial charge is 0.496 e. The molecule has 0 aromatic heterocycles. The van der Waals surface area contributed by atoms with Gasteiger partial charge in [0.05, 0.1) is 7.11 Å². The smallest absolute Gasteiger partial charge is 0.126 e. The van der Waals surface area contributed by atoms with Gasteiger partial charge in [0.2, 0.25) is 0 Å². The maximum absolute atomic E-state index is 5.60. The Morgan fingerprint density at radius 3 is 2.61 bits per heavy atom. The van der Waals surface area contributed by atoms with Gasteiger partial charge in [0.25, 0.3) is 0 Å². The molecule has 1 atom stereocenters. The van der Waals surface area contributed by atoms with Crippen molar-refractivity contribution in [3.63, 3.8) is 0 Å². The van der Waals surface area contributed by atoms with E-state index in [0.29, 0.717) is 6.04 Å². The number of nitrogens with zero attached hydrogens (tertiary/aromatic N) is 1. The Morgan fingerprint density at radius 1 is 1.09 bits per heavy atom. The van der Waals surface area contributed by atoms with Crippen LogP contribution in [0.2, 0.25) is 0 Å². The van der Waals surface area contributed by atoms with Gasteiger partial charge in [-0.3, -0.25) is 4.90 Å². The molecule has 1 fully saturated rings. The van der Waals surface area contributed by atoms with E-state index in [9.17, 15) is 0 Å². The number of benzene rings is 2. The zero-order chi connectivity index (χ0) is 16.2. The number of para-hydroxylation sites is 1. The molecule has 0 aliphatic carbocycles. The Kier molecular flexibility index (Phi) is 4.82. The van der Waals surface area contributed by atoms with Crippen molar-refractivity contribution in [3.8, 4) is 16.9 Å². The molecule has 0 bridgehead atoms. The zero-order valence-electron chi connectivity index (χ0n) is 14.1. The number of rotatable bonds is 4. The fourth-order valence-electron chi connectivity index (χ4n) is 3.67. The number of ether oxygens (including phenoxy) is 1. The van der Waals surface area contributed by atoms with Crippen molar-refractivity contribution in [3.05, 3.63) is 60.2 Å². The monoisotopic (exact) mass is 307 g/mol. The Labute approximate surface area is 139 Å². The lowest BCUT2D eigenvalue weighted by Gasteiger charge is -2.35. The molecule has 2 nitrogen and oxygen atoms in total. The Bertz CT molecular complexity index is 692. The highest BCUT2D eigenvalue weighted by Crippen LogP contribution is 2.41. The molecular weight excluding hydrogens is 282 g/mol. The Morgan fingerprint density at radius 2 is 1.87 bits per heavy atom. The first kappa shape index (κ1) is 15.8. The standard InChI is InChI=1S/C21H25NO/c1-4-16-10-9-12-18(17-11-5-6-14-20(17)23-3)21(16)19-13-7-8-15-22(19)2/h4-6,9-12,14,19H,1,7-8,13,15H2,2-3H3. The summed E-state index contributed by atoms with van der Waals surface area (Å²) in [6.45, 7) is 5.19. The normalized spacial score (nSPS) is 18.6. The second-order valence-corrected chi connectivity index (χ2v) is 6.21. The maximum Gasteiger partial charge on any atom is 0.126 e. The van der Waals surface area contributed by atoms with Crippen molar-refractivity contribution in [1.82, 2.24) is 4.90 Å². The second-order valence-electron chi connectivity index (χ2n) is 6.21. The summed E-state index contributed by atoms with van der Waals surface area (Å²) in [6, 6.07) is 15.2. The molecule has 0 amide bonds. The first-order valence-corrected chi connectivity index (χ1v) is 8.35. The van der Waals surface area contributed by atoms with Crippen molar-refractivity contribution in [2.45, 2.75) is 25.3 Å². The van der Waals surface area contributed by atoms with Crippen LogP contribution in [-0.4, -0.2) is 25.6 Å². The van der Waals surface area contributed by atoms with Gasteiger partial charge in [-0.15, -0.1) is 0 Å². The van der Waals surface area contributed by atoms with Crippen LogP contribution in [0.4, 0.5) is 0 Å². The molecule has 2 aromatic rings. The van der Waals surface area contributed by atoms with Gasteiger partial charge in [-0.1, -0.05) is 55.5 Å². The average molecular weight is 307 g/mol. The quantitative estimate of drug-likeness (QED) is 0.773. The van der Waals surface area contributed by atoms with Crippen molar-refractivity contribution < 1.29 is 4.74 Å². The van der Waals surface area contributed by atoms with Gasteiger partial charge >= 0.3 is 0 Å². The molecule has 0 saturated carbocycles. The molecule has 0 N–H and O–H groups in total. The Hall–Kier alpha value is -2.06. The van der Waals surface area contributed by atoms with Crippen LogP contribution >= 0.6 is 0 Å². The number of hydrogen-bond acceptors (Lipinski definition) is 2. The molecule has 23 heavy (non-hydrogen) atoms. The fraction of sp³-hybridized carbons (Fsp3) is 0.333. The van der Waals surface area contributed by atoms with E-state index in [-0.39, 0.29) is 0 Å². The van der Waals surface area contributed by atoms with Crippen molar-refractivity contribution >= 4 is 6.08 Å². The van der Waals surface area contributed by atoms with Crippen LogP contribution < -0.4 is 4.74 Å². The lowest BCUT2D eigenvalue weighted by Crippen LogP contribution is -2.30. The van der Waals surface area contributed by atoms with Crippen LogP contribution in [0.1, 0.15) is 36.4 Å². The van der Waals surface area contributed by atoms with Crippen LogP contribution in [0.5, 0.6) is 5.75 Å². The third-order valence-corrected chi connectivity index (χ3v) is 4.86. The number of hydrogen-bond donors (Lipinski definition) is 0. The van der Waals surface area contributed by atoms with E-state index in [1.807, 2.05) is 18.2 Å². The van der Waals surface area contributed by atoms with Gasteiger partial charge in [0, 0.05) is 11.6 Å². The minimum absolute atomic E-state index is 0.442. The van der Waals surface area contributed by atoms with Gasteiger partial charge in [0.1, 0.15) is 5.75 Å². The summed E-state index contributed by atoms with van der Waals surface area (Å²) in [7, 11) is 3.97. The lowest BCUT2D eigenvalue weighted by atomic mass is 9.86. The maximum atomic E-state index is 5.60. The van der Waals surface area contributed by atoms with Gasteiger partial charge in [-0.2, -0.15) is 0 Å². The molecule has 2 aromatic carbocycles. The number of piperidine rings is 1. The Balaban J connectivity index is 2.19. The molecular formula is C21H25NO. The predicted molar refractivity (Wildman–Crippen MR) is 97.7 cm³/mol. The minimum atomic E-state index is 0.442. The van der Waals surface area contributed by atoms with Crippen LogP contribution in [0, 0.1) is 0 Å². The molecule has 0 spiro atoms. The molecule has 1 saturated heterocycles. The second kappa shape index (κ2) is 7.01. The highest BCUT2D eigenvalue weighted by Gasteiger charge is 2.26. The lowest BCUT2D eigenvalue weighted by molar-refractivity contribution is 0.187. The number of likely N-dealkylation sites (tertiary alicyclic amines) is 1. The summed E-state index contributed by atoms with van der Waals surface area (Å²) in [5.41, 5.74) is 5.03. The van der Waals surface area contributed by atoms with Gasteiger partial charge in [-0.25, -0.2) is 0 Å². The van der Waals surface area contributed by atoms with E-state index >= 15 is 0 Å². The molecule has 1 aliphatic rings. The summed E-state index contributed by atoms with van der Waals surface area (Å²) < 4.78 is 5.60. The fourth-order valence-corrected chi connectivity index (χ4v) is 3.67. The van der Waals surface area contributed by atoms with Crippen LogP contribution in [0.15, 0.2) is 49.0 Å². The summed E-state index contributed by atoms with van der Waals surface area (Å²) in [5.74, 6) is 0.924. The SMILES string of the molecule is C=Cc1cccc(-c2ccccc2OC)c1C1CCCCN1C. The van der Waals surface area contributed by atoms with Crippen molar-refractivity contribution in [2.24, 2.45) is 0 Å². The van der Waals surface area contributed by atoms with Crippen LogP contribution in [0.25, 0.3) is 17.2 Å². The zero-order valence-corrected chi connectivity index (χ0v) is 14.1. The summed E-state index contributed by atoms with van der Waals surface area (Å²) in [4.78, 5) is 2.48. The molecule has 0 radical (unpaired) electrons. The van der Waals surface area contributed by atoms with Gasteiger partial charge in [-0.05, 0) is 49.2 Å². The summed E-state index contributed by atoms with van der Waals surface area (Å²) >= 11 is 0. The summed E-state index contributed by atoms with van der Waals surface area (Å²) in [5, 5.41) is 0. The molecule has 120 valence electrons. The van der Waals surface area contributed by atoms with Crippen molar-refractivity contribution in [2.75, 3.05) is 20.7 Å². The van der Waals surface area contributed by atoms with E-state index in [0.717, 1.165) is 17.9 Å². The third-order valence-electron chi connectivity index (χ3n) is 4.86. The van der Waals surface area contributed by atoms with Gasteiger partial charge in [0.15, 0.2) is 0 Å². The van der Waals surface area contributed by atoms with E-state index in [2.05, 4.69) is 48.9 Å². The molecule has 3 rings (SSSR count). The highest BCUT2D eigenvalue weighted by atomic mass is 16.5. The minimum Gasteiger partial charge on any atom is -0.496 e. The first-order chi connectivity index (χ1) is 11.3. The van der Waals surface area contributed by atoms with Crippen LogP contribution in [-0.2, 0) is 0 Å². The average Bonchev–Trinajstić information content (AvgIpc) is 2.61. The highest BCUT2D eigenvalue weighted by molar-refractivity contribution is 5.77. The van der Waals surface area contributed by atoms with E-state index in [4.69, 9.17) is 4.74 Å². The van der Waals surface area contributed by atoms with Crippen molar-refractivity contribution in [1.29, 1.82) is 0 Å². The third kappa shape index (κ3) is 3.04. The van der Waals surface area contributed by atoms with Gasteiger partial charge < -0.3 is 4.74 Å².